The minimum Gasteiger partial charge on any atom is -0.353 e. The van der Waals surface area contributed by atoms with Gasteiger partial charge in [-0.15, -0.1) is 0 Å². The Hall–Kier alpha value is -1.16. The van der Waals surface area contributed by atoms with Gasteiger partial charge in [0.2, 0.25) is 5.95 Å². The first-order valence-electron chi connectivity index (χ1n) is 3.94. The van der Waals surface area contributed by atoms with Crippen molar-refractivity contribution in [1.82, 2.24) is 14.9 Å². The van der Waals surface area contributed by atoms with Gasteiger partial charge in [-0.3, -0.25) is 0 Å². The maximum absolute atomic E-state index is 4.03. The van der Waals surface area contributed by atoms with Crippen molar-refractivity contribution in [3.05, 3.63) is 18.5 Å². The normalized spacial score (nSPS) is 10.2. The summed E-state index contributed by atoms with van der Waals surface area (Å²) in [6.07, 6.45) is 3.45. The molecule has 0 bridgehead atoms. The third-order valence-electron chi connectivity index (χ3n) is 1.41. The van der Waals surface area contributed by atoms with E-state index < -0.39 is 0 Å². The van der Waals surface area contributed by atoms with Gasteiger partial charge >= 0.3 is 0 Å². The number of hydrogen-bond donors (Lipinski definition) is 1. The number of nitrogens with zero attached hydrogens (tertiary/aromatic N) is 3. The average Bonchev–Trinajstić information content (AvgIpc) is 2.05. The number of likely N-dealkylation sites (N-methyl/N-ethyl adjacent to an activating group) is 1. The molecule has 0 aromatic carbocycles. The van der Waals surface area contributed by atoms with Crippen LogP contribution < -0.4 is 5.32 Å². The maximum atomic E-state index is 4.03. The highest BCUT2D eigenvalue weighted by Gasteiger charge is 1.92. The Morgan fingerprint density at radius 3 is 2.58 bits per heavy atom. The molecule has 12 heavy (non-hydrogen) atoms. The van der Waals surface area contributed by atoms with Crippen molar-refractivity contribution in [2.75, 3.05) is 32.5 Å². The van der Waals surface area contributed by atoms with Crippen molar-refractivity contribution < 1.29 is 0 Å². The van der Waals surface area contributed by atoms with Gasteiger partial charge in [-0.05, 0) is 20.2 Å². The fourth-order valence-corrected chi connectivity index (χ4v) is 0.782. The fourth-order valence-electron chi connectivity index (χ4n) is 0.782. The minimum absolute atomic E-state index is 0.694. The molecule has 0 amide bonds. The van der Waals surface area contributed by atoms with Crippen molar-refractivity contribution in [2.45, 2.75) is 0 Å². The fraction of sp³-hybridized carbons (Fsp3) is 0.500. The molecule has 0 radical (unpaired) electrons. The van der Waals surface area contributed by atoms with Crippen molar-refractivity contribution in [2.24, 2.45) is 0 Å². The summed E-state index contributed by atoms with van der Waals surface area (Å²) in [5.74, 6) is 0.694. The molecule has 1 aromatic rings. The number of hydrogen-bond acceptors (Lipinski definition) is 4. The van der Waals surface area contributed by atoms with E-state index in [0.717, 1.165) is 13.1 Å². The second-order valence-corrected chi connectivity index (χ2v) is 2.80. The highest BCUT2D eigenvalue weighted by Crippen LogP contribution is 1.91. The molecule has 4 nitrogen and oxygen atoms in total. The molecule has 1 heterocycles. The van der Waals surface area contributed by atoms with Crippen LogP contribution in [0, 0.1) is 0 Å². The predicted molar refractivity (Wildman–Crippen MR) is 49.1 cm³/mol. The Morgan fingerprint density at radius 1 is 1.33 bits per heavy atom. The van der Waals surface area contributed by atoms with Crippen LogP contribution in [0.4, 0.5) is 5.95 Å². The molecule has 1 aromatic heterocycles. The number of rotatable bonds is 4. The van der Waals surface area contributed by atoms with E-state index in [9.17, 15) is 0 Å². The first-order valence-corrected chi connectivity index (χ1v) is 3.94. The van der Waals surface area contributed by atoms with Gasteiger partial charge in [0.25, 0.3) is 0 Å². The van der Waals surface area contributed by atoms with Crippen LogP contribution >= 0.6 is 0 Å². The van der Waals surface area contributed by atoms with E-state index in [2.05, 4.69) is 20.2 Å². The number of nitrogens with one attached hydrogen (secondary N) is 1. The van der Waals surface area contributed by atoms with Crippen molar-refractivity contribution in [1.29, 1.82) is 0 Å². The van der Waals surface area contributed by atoms with E-state index >= 15 is 0 Å². The van der Waals surface area contributed by atoms with Crippen LogP contribution in [0.5, 0.6) is 0 Å². The Morgan fingerprint density at radius 2 is 2.00 bits per heavy atom. The molecule has 0 fully saturated rings. The quantitative estimate of drug-likeness (QED) is 0.705. The molecule has 0 unspecified atom stereocenters. The zero-order chi connectivity index (χ0) is 8.81. The van der Waals surface area contributed by atoms with Crippen molar-refractivity contribution in [3.63, 3.8) is 0 Å². The lowest BCUT2D eigenvalue weighted by molar-refractivity contribution is 0.425. The van der Waals surface area contributed by atoms with Gasteiger partial charge in [0.05, 0.1) is 0 Å². The summed E-state index contributed by atoms with van der Waals surface area (Å²) in [6.45, 7) is 1.86. The summed E-state index contributed by atoms with van der Waals surface area (Å²) < 4.78 is 0. The second-order valence-electron chi connectivity index (χ2n) is 2.80. The van der Waals surface area contributed by atoms with Crippen LogP contribution in [0.25, 0.3) is 0 Å². The summed E-state index contributed by atoms with van der Waals surface area (Å²) >= 11 is 0. The molecular formula is C8H14N4. The van der Waals surface area contributed by atoms with E-state index in [1.807, 2.05) is 14.1 Å². The zero-order valence-corrected chi connectivity index (χ0v) is 7.49. The summed E-state index contributed by atoms with van der Waals surface area (Å²) in [4.78, 5) is 10.2. The Kier molecular flexibility index (Phi) is 3.47. The summed E-state index contributed by atoms with van der Waals surface area (Å²) in [5.41, 5.74) is 0. The summed E-state index contributed by atoms with van der Waals surface area (Å²) in [6, 6.07) is 1.80. The standard InChI is InChI=1S/C8H14N4/c1-12(2)7-6-11-8-9-4-3-5-10-8/h3-5H,6-7H2,1-2H3,(H,9,10,11). The van der Waals surface area contributed by atoms with E-state index in [1.165, 1.54) is 0 Å². The van der Waals surface area contributed by atoms with Crippen LogP contribution in [0.2, 0.25) is 0 Å². The highest BCUT2D eigenvalue weighted by atomic mass is 15.1. The van der Waals surface area contributed by atoms with Gasteiger partial charge in [-0.2, -0.15) is 0 Å². The van der Waals surface area contributed by atoms with E-state index in [4.69, 9.17) is 0 Å². The molecular weight excluding hydrogens is 152 g/mol. The predicted octanol–water partition coefficient (Wildman–Crippen LogP) is 0.450. The first kappa shape index (κ1) is 8.93. The third-order valence-corrected chi connectivity index (χ3v) is 1.41. The van der Waals surface area contributed by atoms with Crippen LogP contribution in [0.15, 0.2) is 18.5 Å². The number of aromatic nitrogens is 2. The van der Waals surface area contributed by atoms with Gasteiger partial charge in [0.1, 0.15) is 0 Å². The molecule has 0 atom stereocenters. The minimum atomic E-state index is 0.694. The van der Waals surface area contributed by atoms with Crippen LogP contribution in [0.1, 0.15) is 0 Å². The molecule has 0 aliphatic rings. The summed E-state index contributed by atoms with van der Waals surface area (Å²) in [5, 5.41) is 3.11. The maximum Gasteiger partial charge on any atom is 0.222 e. The summed E-state index contributed by atoms with van der Waals surface area (Å²) in [7, 11) is 4.07. The lowest BCUT2D eigenvalue weighted by Crippen LogP contribution is -2.21. The molecule has 0 aliphatic carbocycles. The molecule has 4 heteroatoms. The van der Waals surface area contributed by atoms with Crippen molar-refractivity contribution >= 4 is 5.95 Å². The Labute approximate surface area is 72.6 Å². The third kappa shape index (κ3) is 3.30. The number of anilines is 1. The smallest absolute Gasteiger partial charge is 0.222 e. The second kappa shape index (κ2) is 4.66. The Balaban J connectivity index is 2.25. The molecule has 66 valence electrons. The van der Waals surface area contributed by atoms with E-state index in [0.29, 0.717) is 5.95 Å². The topological polar surface area (TPSA) is 41.0 Å². The average molecular weight is 166 g/mol. The molecule has 0 spiro atoms. The molecule has 0 saturated heterocycles. The van der Waals surface area contributed by atoms with Gasteiger partial charge in [0, 0.05) is 25.5 Å². The van der Waals surface area contributed by atoms with Crippen LogP contribution in [-0.4, -0.2) is 42.1 Å². The largest absolute Gasteiger partial charge is 0.353 e. The molecule has 0 aliphatic heterocycles. The van der Waals surface area contributed by atoms with E-state index in [-0.39, 0.29) is 0 Å². The SMILES string of the molecule is CN(C)CCNc1ncccn1. The van der Waals surface area contributed by atoms with Gasteiger partial charge in [-0.25, -0.2) is 9.97 Å². The lowest BCUT2D eigenvalue weighted by Gasteiger charge is -2.09. The Bertz CT molecular complexity index is 210. The monoisotopic (exact) mass is 166 g/mol. The van der Waals surface area contributed by atoms with Gasteiger partial charge in [-0.1, -0.05) is 0 Å². The lowest BCUT2D eigenvalue weighted by atomic mass is 10.6. The molecule has 1 rings (SSSR count). The molecule has 1 N–H and O–H groups in total. The molecule has 0 saturated carbocycles. The zero-order valence-electron chi connectivity index (χ0n) is 7.49. The van der Waals surface area contributed by atoms with Crippen molar-refractivity contribution in [3.8, 4) is 0 Å². The highest BCUT2D eigenvalue weighted by molar-refractivity contribution is 5.21. The van der Waals surface area contributed by atoms with Gasteiger partial charge < -0.3 is 10.2 Å². The van der Waals surface area contributed by atoms with Gasteiger partial charge in [0.15, 0.2) is 0 Å². The van der Waals surface area contributed by atoms with E-state index in [1.54, 1.807) is 18.5 Å². The van der Waals surface area contributed by atoms with Crippen LogP contribution in [-0.2, 0) is 0 Å². The van der Waals surface area contributed by atoms with Crippen LogP contribution in [0.3, 0.4) is 0 Å². The first-order chi connectivity index (χ1) is 5.79.